The number of benzene rings is 1. The monoisotopic (exact) mass is 379 g/mol. The molecule has 0 bridgehead atoms. The molecule has 0 fully saturated rings. The predicted octanol–water partition coefficient (Wildman–Crippen LogP) is 3.63. The molecule has 0 saturated heterocycles. The number of para-hydroxylation sites is 1. The second-order valence-electron chi connectivity index (χ2n) is 5.29. The van der Waals surface area contributed by atoms with Crippen molar-refractivity contribution < 1.29 is 4.74 Å². The number of nitrogens with zero attached hydrogens (tertiary/aromatic N) is 5. The van der Waals surface area contributed by atoms with E-state index in [9.17, 15) is 0 Å². The van der Waals surface area contributed by atoms with E-state index in [1.807, 2.05) is 40.9 Å². The molecule has 0 aliphatic rings. The number of fused-ring (bicyclic) bond motifs is 1. The SMILES string of the molecule is CCN(CC)Cc1nnc2sc(C=Cc3ccccc3OC)nn12.Cl. The second-order valence-corrected chi connectivity index (χ2v) is 6.28. The zero-order valence-corrected chi connectivity index (χ0v) is 16.2. The average Bonchev–Trinajstić information content (AvgIpc) is 3.19. The molecule has 3 aromatic rings. The molecule has 0 N–H and O–H groups in total. The Morgan fingerprint density at radius 3 is 2.64 bits per heavy atom. The van der Waals surface area contributed by atoms with Gasteiger partial charge in [0.1, 0.15) is 10.8 Å². The first-order valence-electron chi connectivity index (χ1n) is 7.99. The smallest absolute Gasteiger partial charge is 0.235 e. The molecule has 0 radical (unpaired) electrons. The van der Waals surface area contributed by atoms with Crippen molar-refractivity contribution in [2.45, 2.75) is 20.4 Å². The average molecular weight is 380 g/mol. The van der Waals surface area contributed by atoms with Gasteiger partial charge in [-0.05, 0) is 31.3 Å². The number of halogens is 1. The minimum Gasteiger partial charge on any atom is -0.496 e. The van der Waals surface area contributed by atoms with Crippen molar-refractivity contribution in [1.82, 2.24) is 24.7 Å². The van der Waals surface area contributed by atoms with Crippen molar-refractivity contribution in [3.63, 3.8) is 0 Å². The fourth-order valence-electron chi connectivity index (χ4n) is 2.45. The molecule has 2 aromatic heterocycles. The Labute approximate surface area is 157 Å². The van der Waals surface area contributed by atoms with Crippen molar-refractivity contribution in [3.8, 4) is 5.75 Å². The fraction of sp³-hybridized carbons (Fsp3) is 0.353. The normalized spacial score (nSPS) is 11.4. The Hall–Kier alpha value is -1.96. The lowest BCUT2D eigenvalue weighted by atomic mass is 10.2. The Balaban J connectivity index is 0.00000225. The van der Waals surface area contributed by atoms with Crippen LogP contribution in [0.5, 0.6) is 5.75 Å². The number of aromatic nitrogens is 4. The molecule has 1 aromatic carbocycles. The summed E-state index contributed by atoms with van der Waals surface area (Å²) in [6.45, 7) is 7.01. The van der Waals surface area contributed by atoms with Crippen molar-refractivity contribution >= 4 is 40.9 Å². The van der Waals surface area contributed by atoms with E-state index in [-0.39, 0.29) is 12.4 Å². The van der Waals surface area contributed by atoms with Crippen LogP contribution < -0.4 is 4.74 Å². The van der Waals surface area contributed by atoms with Crippen LogP contribution in [0.1, 0.15) is 30.2 Å². The van der Waals surface area contributed by atoms with Gasteiger partial charge in [0.2, 0.25) is 4.96 Å². The van der Waals surface area contributed by atoms with Crippen LogP contribution in [0.2, 0.25) is 0 Å². The molecular formula is C17H22ClN5OS. The van der Waals surface area contributed by atoms with Crippen LogP contribution in [0, 0.1) is 0 Å². The number of hydrogen-bond acceptors (Lipinski definition) is 6. The first kappa shape index (κ1) is 19.4. The molecule has 3 rings (SSSR count). The maximum atomic E-state index is 5.36. The highest BCUT2D eigenvalue weighted by Crippen LogP contribution is 2.22. The molecule has 0 aliphatic heterocycles. The highest BCUT2D eigenvalue weighted by atomic mass is 35.5. The maximum Gasteiger partial charge on any atom is 0.235 e. The van der Waals surface area contributed by atoms with Gasteiger partial charge in [0.15, 0.2) is 5.82 Å². The molecular weight excluding hydrogens is 358 g/mol. The lowest BCUT2D eigenvalue weighted by Gasteiger charge is -2.15. The third kappa shape index (κ3) is 4.36. The molecule has 0 amide bonds. The zero-order valence-electron chi connectivity index (χ0n) is 14.5. The maximum absolute atomic E-state index is 5.36. The summed E-state index contributed by atoms with van der Waals surface area (Å²) in [7, 11) is 1.68. The largest absolute Gasteiger partial charge is 0.496 e. The summed E-state index contributed by atoms with van der Waals surface area (Å²) in [6, 6.07) is 7.91. The van der Waals surface area contributed by atoms with Gasteiger partial charge >= 0.3 is 0 Å². The standard InChI is InChI=1S/C17H21N5OS.ClH/c1-4-21(5-2)12-15-18-19-17-22(15)20-16(24-17)11-10-13-8-6-7-9-14(13)23-3;/h6-11H,4-5,12H2,1-3H3;1H. The molecule has 8 heteroatoms. The summed E-state index contributed by atoms with van der Waals surface area (Å²) < 4.78 is 7.20. The first-order valence-corrected chi connectivity index (χ1v) is 8.81. The van der Waals surface area contributed by atoms with E-state index in [1.54, 1.807) is 7.11 Å². The molecule has 6 nitrogen and oxygen atoms in total. The van der Waals surface area contributed by atoms with Crippen LogP contribution in [-0.2, 0) is 6.54 Å². The molecule has 134 valence electrons. The Morgan fingerprint density at radius 2 is 1.92 bits per heavy atom. The van der Waals surface area contributed by atoms with Crippen LogP contribution in [0.4, 0.5) is 0 Å². The highest BCUT2D eigenvalue weighted by molar-refractivity contribution is 7.17. The summed E-state index contributed by atoms with van der Waals surface area (Å²) in [5, 5.41) is 14.0. The quantitative estimate of drug-likeness (QED) is 0.627. The van der Waals surface area contributed by atoms with Gasteiger partial charge in [-0.15, -0.1) is 22.6 Å². The van der Waals surface area contributed by atoms with E-state index in [0.717, 1.165) is 46.7 Å². The minimum atomic E-state index is 0. The Morgan fingerprint density at radius 1 is 1.16 bits per heavy atom. The van der Waals surface area contributed by atoms with Gasteiger partial charge in [0, 0.05) is 5.56 Å². The lowest BCUT2D eigenvalue weighted by molar-refractivity contribution is 0.286. The van der Waals surface area contributed by atoms with Gasteiger partial charge in [-0.25, -0.2) is 0 Å². The van der Waals surface area contributed by atoms with Crippen molar-refractivity contribution in [2.75, 3.05) is 20.2 Å². The van der Waals surface area contributed by atoms with E-state index in [4.69, 9.17) is 4.74 Å². The number of methoxy groups -OCH3 is 1. The van der Waals surface area contributed by atoms with E-state index >= 15 is 0 Å². The fourth-order valence-corrected chi connectivity index (χ4v) is 3.21. The Kier molecular flexibility index (Phi) is 6.92. The summed E-state index contributed by atoms with van der Waals surface area (Å²) in [6.07, 6.45) is 3.99. The van der Waals surface area contributed by atoms with Crippen molar-refractivity contribution in [2.24, 2.45) is 0 Å². The van der Waals surface area contributed by atoms with E-state index in [0.29, 0.717) is 0 Å². The summed E-state index contributed by atoms with van der Waals surface area (Å²) in [5.41, 5.74) is 1.02. The number of rotatable bonds is 7. The van der Waals surface area contributed by atoms with Crippen LogP contribution >= 0.6 is 23.7 Å². The lowest BCUT2D eigenvalue weighted by Crippen LogP contribution is -2.23. The molecule has 0 aliphatic carbocycles. The zero-order chi connectivity index (χ0) is 16.9. The van der Waals surface area contributed by atoms with Gasteiger partial charge in [-0.3, -0.25) is 4.90 Å². The van der Waals surface area contributed by atoms with Crippen LogP contribution in [0.25, 0.3) is 17.1 Å². The minimum absolute atomic E-state index is 0. The van der Waals surface area contributed by atoms with Gasteiger partial charge in [-0.2, -0.15) is 9.61 Å². The number of hydrogen-bond donors (Lipinski definition) is 0. The summed E-state index contributed by atoms with van der Waals surface area (Å²) in [5.74, 6) is 1.72. The molecule has 25 heavy (non-hydrogen) atoms. The van der Waals surface area contributed by atoms with Crippen LogP contribution in [0.3, 0.4) is 0 Å². The predicted molar refractivity (Wildman–Crippen MR) is 104 cm³/mol. The Bertz CT molecular complexity index is 841. The van der Waals surface area contributed by atoms with Crippen molar-refractivity contribution in [3.05, 3.63) is 40.7 Å². The molecule has 0 spiro atoms. The number of ether oxygens (including phenoxy) is 1. The molecule has 0 unspecified atom stereocenters. The van der Waals surface area contributed by atoms with Gasteiger partial charge in [0.25, 0.3) is 0 Å². The van der Waals surface area contributed by atoms with Crippen LogP contribution in [-0.4, -0.2) is 44.9 Å². The van der Waals surface area contributed by atoms with Crippen molar-refractivity contribution in [1.29, 1.82) is 0 Å². The second kappa shape index (κ2) is 8.94. The summed E-state index contributed by atoms with van der Waals surface area (Å²) in [4.78, 5) is 3.11. The van der Waals surface area contributed by atoms with Gasteiger partial charge < -0.3 is 4.74 Å². The highest BCUT2D eigenvalue weighted by Gasteiger charge is 2.12. The van der Waals surface area contributed by atoms with Crippen LogP contribution in [0.15, 0.2) is 24.3 Å². The van der Waals surface area contributed by atoms with Gasteiger partial charge in [0.05, 0.1) is 13.7 Å². The molecule has 0 saturated carbocycles. The summed E-state index contributed by atoms with van der Waals surface area (Å²) >= 11 is 1.53. The third-order valence-electron chi connectivity index (χ3n) is 3.87. The first-order chi connectivity index (χ1) is 11.7. The van der Waals surface area contributed by atoms with E-state index in [2.05, 4.69) is 34.0 Å². The molecule has 2 heterocycles. The molecule has 0 atom stereocenters. The topological polar surface area (TPSA) is 55.5 Å². The van der Waals surface area contributed by atoms with E-state index in [1.165, 1.54) is 11.3 Å². The van der Waals surface area contributed by atoms with Gasteiger partial charge in [-0.1, -0.05) is 43.4 Å². The van der Waals surface area contributed by atoms with E-state index < -0.39 is 0 Å². The third-order valence-corrected chi connectivity index (χ3v) is 4.74.